The van der Waals surface area contributed by atoms with Gasteiger partial charge in [0.05, 0.1) is 17.7 Å². The fourth-order valence-corrected chi connectivity index (χ4v) is 1.92. The minimum Gasteiger partial charge on any atom is -0.316 e. The number of nitrogens with two attached hydrogens (primary N) is 1. The lowest BCUT2D eigenvalue weighted by Crippen LogP contribution is -2.19. The Labute approximate surface area is 116 Å². The molecule has 0 aliphatic carbocycles. The maximum atomic E-state index is 13.6. The molecule has 0 amide bonds. The Bertz CT molecular complexity index is 693. The van der Waals surface area contributed by atoms with Crippen LogP contribution < -0.4 is 5.73 Å². The minimum atomic E-state index is -0.527. The van der Waals surface area contributed by atoms with Crippen LogP contribution in [0, 0.1) is 28.5 Å². The Hall–Kier alpha value is -2.69. The van der Waals surface area contributed by atoms with Gasteiger partial charge in [-0.15, -0.1) is 0 Å². The highest BCUT2D eigenvalue weighted by Crippen LogP contribution is 2.22. The van der Waals surface area contributed by atoms with E-state index < -0.39 is 11.9 Å². The Morgan fingerprint density at radius 1 is 1.05 bits per heavy atom. The van der Waals surface area contributed by atoms with Gasteiger partial charge in [0.15, 0.2) is 0 Å². The molecule has 0 saturated carbocycles. The first-order valence-electron chi connectivity index (χ1n) is 6.08. The van der Waals surface area contributed by atoms with E-state index in [2.05, 4.69) is 0 Å². The number of hydrogen-bond donors (Lipinski definition) is 1. The van der Waals surface area contributed by atoms with E-state index in [9.17, 15) is 4.39 Å². The standard InChI is InChI=1S/C16H12FN3/c17-16-8-13(5-6-14(16)9-18)12-3-1-11(2-4-12)7-15(20)10-19/h1-6,8,15H,7,20H2. The highest BCUT2D eigenvalue weighted by molar-refractivity contribution is 5.64. The third kappa shape index (κ3) is 3.00. The Morgan fingerprint density at radius 3 is 2.25 bits per heavy atom. The van der Waals surface area contributed by atoms with Gasteiger partial charge in [-0.3, -0.25) is 0 Å². The smallest absolute Gasteiger partial charge is 0.141 e. The molecule has 0 spiro atoms. The van der Waals surface area contributed by atoms with Gasteiger partial charge < -0.3 is 5.73 Å². The summed E-state index contributed by atoms with van der Waals surface area (Å²) in [5, 5.41) is 17.4. The fraction of sp³-hybridized carbons (Fsp3) is 0.125. The number of nitrogens with zero attached hydrogens (tertiary/aromatic N) is 2. The van der Waals surface area contributed by atoms with Crippen LogP contribution in [0.4, 0.5) is 4.39 Å². The van der Waals surface area contributed by atoms with Crippen molar-refractivity contribution in [3.63, 3.8) is 0 Å². The van der Waals surface area contributed by atoms with Crippen molar-refractivity contribution >= 4 is 0 Å². The van der Waals surface area contributed by atoms with Crippen molar-refractivity contribution in [2.45, 2.75) is 12.5 Å². The zero-order chi connectivity index (χ0) is 14.5. The summed E-state index contributed by atoms with van der Waals surface area (Å²) >= 11 is 0. The van der Waals surface area contributed by atoms with Crippen LogP contribution in [0.1, 0.15) is 11.1 Å². The molecule has 4 heteroatoms. The maximum Gasteiger partial charge on any atom is 0.141 e. The van der Waals surface area contributed by atoms with Crippen LogP contribution in [0.2, 0.25) is 0 Å². The predicted molar refractivity (Wildman–Crippen MR) is 73.8 cm³/mol. The topological polar surface area (TPSA) is 73.6 Å². The van der Waals surface area contributed by atoms with Crippen molar-refractivity contribution in [3.05, 3.63) is 59.4 Å². The SMILES string of the molecule is N#Cc1ccc(-c2ccc(CC(N)C#N)cc2)cc1F. The summed E-state index contributed by atoms with van der Waals surface area (Å²) in [6, 6.07) is 15.2. The minimum absolute atomic E-state index is 0.0327. The van der Waals surface area contributed by atoms with E-state index in [0.717, 1.165) is 11.1 Å². The van der Waals surface area contributed by atoms with Crippen LogP contribution in [0.25, 0.3) is 11.1 Å². The van der Waals surface area contributed by atoms with Crippen molar-refractivity contribution in [1.29, 1.82) is 10.5 Å². The second kappa shape index (κ2) is 5.97. The molecule has 2 rings (SSSR count). The van der Waals surface area contributed by atoms with E-state index in [0.29, 0.717) is 12.0 Å². The molecule has 0 heterocycles. The summed E-state index contributed by atoms with van der Waals surface area (Å²) < 4.78 is 13.6. The van der Waals surface area contributed by atoms with Crippen molar-refractivity contribution in [1.82, 2.24) is 0 Å². The molecule has 0 fully saturated rings. The highest BCUT2D eigenvalue weighted by Gasteiger charge is 2.06. The molecule has 2 aromatic rings. The normalized spacial score (nSPS) is 11.4. The molecule has 1 atom stereocenters. The van der Waals surface area contributed by atoms with E-state index in [1.165, 1.54) is 12.1 Å². The van der Waals surface area contributed by atoms with Crippen molar-refractivity contribution in [2.24, 2.45) is 5.73 Å². The van der Waals surface area contributed by atoms with Crippen molar-refractivity contribution < 1.29 is 4.39 Å². The Kier molecular flexibility index (Phi) is 4.10. The van der Waals surface area contributed by atoms with Crippen LogP contribution in [0.5, 0.6) is 0 Å². The zero-order valence-electron chi connectivity index (χ0n) is 10.7. The first-order valence-corrected chi connectivity index (χ1v) is 6.08. The van der Waals surface area contributed by atoms with E-state index in [1.807, 2.05) is 30.3 Å². The quantitative estimate of drug-likeness (QED) is 0.927. The van der Waals surface area contributed by atoms with Gasteiger partial charge in [0, 0.05) is 6.42 Å². The summed E-state index contributed by atoms with van der Waals surface area (Å²) in [4.78, 5) is 0. The first-order chi connectivity index (χ1) is 9.63. The zero-order valence-corrected chi connectivity index (χ0v) is 10.7. The van der Waals surface area contributed by atoms with Gasteiger partial charge in [0.25, 0.3) is 0 Å². The number of halogens is 1. The summed E-state index contributed by atoms with van der Waals surface area (Å²) in [7, 11) is 0. The van der Waals surface area contributed by atoms with Crippen LogP contribution in [0.15, 0.2) is 42.5 Å². The first kappa shape index (κ1) is 13.7. The molecule has 0 bridgehead atoms. The lowest BCUT2D eigenvalue weighted by molar-refractivity contribution is 0.624. The third-order valence-electron chi connectivity index (χ3n) is 3.00. The molecule has 0 aliphatic rings. The molecular formula is C16H12FN3. The summed E-state index contributed by atoms with van der Waals surface area (Å²) in [5.41, 5.74) is 8.11. The monoisotopic (exact) mass is 265 g/mol. The summed E-state index contributed by atoms with van der Waals surface area (Å²) in [5.74, 6) is -0.527. The molecule has 0 aliphatic heterocycles. The van der Waals surface area contributed by atoms with E-state index in [4.69, 9.17) is 16.3 Å². The largest absolute Gasteiger partial charge is 0.316 e. The lowest BCUT2D eigenvalue weighted by atomic mass is 10.0. The molecular weight excluding hydrogens is 253 g/mol. The van der Waals surface area contributed by atoms with Gasteiger partial charge in [-0.05, 0) is 28.8 Å². The van der Waals surface area contributed by atoms with E-state index in [1.54, 1.807) is 12.1 Å². The maximum absolute atomic E-state index is 13.6. The molecule has 1 unspecified atom stereocenters. The molecule has 2 N–H and O–H groups in total. The van der Waals surface area contributed by atoms with Crippen LogP contribution in [-0.4, -0.2) is 6.04 Å². The van der Waals surface area contributed by atoms with Gasteiger partial charge in [0.1, 0.15) is 11.9 Å². The predicted octanol–water partition coefficient (Wildman–Crippen LogP) is 2.76. The van der Waals surface area contributed by atoms with E-state index >= 15 is 0 Å². The average Bonchev–Trinajstić information content (AvgIpc) is 2.47. The number of benzene rings is 2. The molecule has 0 saturated heterocycles. The molecule has 2 aromatic carbocycles. The van der Waals surface area contributed by atoms with Crippen LogP contribution in [-0.2, 0) is 6.42 Å². The Morgan fingerprint density at radius 2 is 1.70 bits per heavy atom. The second-order valence-electron chi connectivity index (χ2n) is 4.44. The van der Waals surface area contributed by atoms with E-state index in [-0.39, 0.29) is 5.56 Å². The van der Waals surface area contributed by atoms with Gasteiger partial charge in [0.2, 0.25) is 0 Å². The molecule has 0 radical (unpaired) electrons. The van der Waals surface area contributed by atoms with Gasteiger partial charge >= 0.3 is 0 Å². The van der Waals surface area contributed by atoms with Gasteiger partial charge in [-0.2, -0.15) is 10.5 Å². The third-order valence-corrected chi connectivity index (χ3v) is 3.00. The van der Waals surface area contributed by atoms with Crippen LogP contribution in [0.3, 0.4) is 0 Å². The fourth-order valence-electron chi connectivity index (χ4n) is 1.92. The van der Waals surface area contributed by atoms with Gasteiger partial charge in [-0.1, -0.05) is 30.3 Å². The number of hydrogen-bond acceptors (Lipinski definition) is 3. The molecule has 98 valence electrons. The summed E-state index contributed by atoms with van der Waals surface area (Å²) in [6.07, 6.45) is 0.485. The second-order valence-corrected chi connectivity index (χ2v) is 4.44. The average molecular weight is 265 g/mol. The van der Waals surface area contributed by atoms with Crippen molar-refractivity contribution in [3.8, 4) is 23.3 Å². The molecule has 0 aromatic heterocycles. The summed E-state index contributed by atoms with van der Waals surface area (Å²) in [6.45, 7) is 0. The lowest BCUT2D eigenvalue weighted by Gasteiger charge is -2.06. The number of rotatable bonds is 3. The molecule has 3 nitrogen and oxygen atoms in total. The highest BCUT2D eigenvalue weighted by atomic mass is 19.1. The number of nitriles is 2. The van der Waals surface area contributed by atoms with Crippen molar-refractivity contribution in [2.75, 3.05) is 0 Å². The van der Waals surface area contributed by atoms with Gasteiger partial charge in [-0.25, -0.2) is 4.39 Å². The Balaban J connectivity index is 2.25. The molecule has 20 heavy (non-hydrogen) atoms. The van der Waals surface area contributed by atoms with Crippen LogP contribution >= 0.6 is 0 Å².